The Bertz CT molecular complexity index is 4400. The molecule has 4 heterocycles. The molecule has 0 atom stereocenters. The van der Waals surface area contributed by atoms with Gasteiger partial charge in [0.15, 0.2) is 8.07 Å². The van der Waals surface area contributed by atoms with Crippen molar-refractivity contribution in [1.29, 1.82) is 0 Å². The van der Waals surface area contributed by atoms with Crippen LogP contribution in [0.3, 0.4) is 0 Å². The van der Waals surface area contributed by atoms with Gasteiger partial charge in [-0.3, -0.25) is 4.90 Å². The fourth-order valence-electron chi connectivity index (χ4n) is 11.9. The van der Waals surface area contributed by atoms with Crippen LogP contribution in [0.5, 0.6) is 0 Å². The van der Waals surface area contributed by atoms with E-state index in [1.54, 1.807) is 0 Å². The molecule has 11 aromatic carbocycles. The standard InChI is InChI=1S/C65H41N3OSi/c1-3-16-49(17-4-1)70(50-18-5-2-6-19-50)62-26-14-12-24-58(62)68(64-36-31-42-15-7-10-22-55(42)66-64)59-34-29-45(41-63(59)70)43-28-33-57-54(40-43)51-20-8-11-23-56(51)67(57)48-32-27-44-39-53-46(37-47(44)38-48)30-35-61-65(53)52-21-9-13-25-60(52)69-61/h1-41H. The van der Waals surface area contributed by atoms with Crippen molar-refractivity contribution < 1.29 is 4.42 Å². The molecule has 0 saturated heterocycles. The van der Waals surface area contributed by atoms with E-state index in [9.17, 15) is 0 Å². The zero-order chi connectivity index (χ0) is 45.9. The van der Waals surface area contributed by atoms with Gasteiger partial charge in [0.1, 0.15) is 17.0 Å². The highest BCUT2D eigenvalue weighted by atomic mass is 28.3. The van der Waals surface area contributed by atoms with Gasteiger partial charge >= 0.3 is 0 Å². The summed E-state index contributed by atoms with van der Waals surface area (Å²) in [5, 5.41) is 16.1. The summed E-state index contributed by atoms with van der Waals surface area (Å²) in [6.45, 7) is 0. The lowest BCUT2D eigenvalue weighted by atomic mass is 9.99. The summed E-state index contributed by atoms with van der Waals surface area (Å²) >= 11 is 0. The summed E-state index contributed by atoms with van der Waals surface area (Å²) in [7, 11) is -2.95. The van der Waals surface area contributed by atoms with Crippen molar-refractivity contribution in [1.82, 2.24) is 9.55 Å². The van der Waals surface area contributed by atoms with E-state index in [1.165, 1.54) is 86.3 Å². The molecule has 14 aromatic rings. The van der Waals surface area contributed by atoms with Crippen molar-refractivity contribution in [2.45, 2.75) is 0 Å². The number of hydrogen-bond donors (Lipinski definition) is 0. The maximum absolute atomic E-state index is 6.27. The quantitative estimate of drug-likeness (QED) is 0.127. The zero-order valence-electron chi connectivity index (χ0n) is 37.9. The lowest BCUT2D eigenvalue weighted by Crippen LogP contribution is -2.77. The highest BCUT2D eigenvalue weighted by Crippen LogP contribution is 2.42. The largest absolute Gasteiger partial charge is 0.456 e. The molecule has 4 nitrogen and oxygen atoms in total. The SMILES string of the molecule is c1ccc([Si]2(c3ccccc3)c3ccccc3N(c3ccc4ccccc4n3)c3ccc(-c4ccc5c(c4)c4ccccc4n5-c4ccc5cc6c(ccc7oc8ccccc8c76)cc5c4)cc32)cc1. The van der Waals surface area contributed by atoms with E-state index in [1.807, 2.05) is 6.07 Å². The van der Waals surface area contributed by atoms with Gasteiger partial charge in [-0.2, -0.15) is 0 Å². The van der Waals surface area contributed by atoms with Crippen molar-refractivity contribution in [2.24, 2.45) is 0 Å². The summed E-state index contributed by atoms with van der Waals surface area (Å²) in [4.78, 5) is 7.75. The Morgan fingerprint density at radius 3 is 1.91 bits per heavy atom. The Balaban J connectivity index is 0.928. The first-order valence-electron chi connectivity index (χ1n) is 24.0. The number of anilines is 3. The molecule has 1 aliphatic rings. The highest BCUT2D eigenvalue weighted by molar-refractivity contribution is 7.21. The van der Waals surface area contributed by atoms with Crippen LogP contribution in [-0.2, 0) is 0 Å². The van der Waals surface area contributed by atoms with Crippen LogP contribution in [0.1, 0.15) is 0 Å². The molecule has 0 N–H and O–H groups in total. The van der Waals surface area contributed by atoms with Gasteiger partial charge in [-0.05, 0) is 138 Å². The Morgan fingerprint density at radius 2 is 1.04 bits per heavy atom. The number of hydrogen-bond acceptors (Lipinski definition) is 3. The molecule has 15 rings (SSSR count). The van der Waals surface area contributed by atoms with Crippen molar-refractivity contribution in [3.8, 4) is 16.8 Å². The van der Waals surface area contributed by atoms with E-state index in [4.69, 9.17) is 9.40 Å². The van der Waals surface area contributed by atoms with Gasteiger partial charge in [0.2, 0.25) is 0 Å². The molecule has 1 aliphatic heterocycles. The first kappa shape index (κ1) is 39.0. The molecule has 0 bridgehead atoms. The molecule has 0 amide bonds. The summed E-state index contributed by atoms with van der Waals surface area (Å²) < 4.78 is 8.71. The number of pyridine rings is 1. The van der Waals surface area contributed by atoms with Gasteiger partial charge in [0, 0.05) is 44.0 Å². The average Bonchev–Trinajstić information content (AvgIpc) is 3.98. The van der Waals surface area contributed by atoms with Crippen LogP contribution in [0.2, 0.25) is 0 Å². The minimum Gasteiger partial charge on any atom is -0.456 e. The molecule has 5 heteroatoms. The third kappa shape index (κ3) is 5.61. The number of nitrogens with zero attached hydrogens (tertiary/aromatic N) is 3. The van der Waals surface area contributed by atoms with Crippen LogP contribution in [0.25, 0.3) is 93.0 Å². The summed E-state index contributed by atoms with van der Waals surface area (Å²) in [5.74, 6) is 0.906. The third-order valence-electron chi connectivity index (χ3n) is 15.0. The smallest absolute Gasteiger partial charge is 0.184 e. The van der Waals surface area contributed by atoms with Crippen LogP contribution in [0.4, 0.5) is 17.2 Å². The van der Waals surface area contributed by atoms with Gasteiger partial charge in [0.05, 0.1) is 16.6 Å². The molecule has 0 spiro atoms. The fourth-order valence-corrected chi connectivity index (χ4v) is 17.0. The third-order valence-corrected chi connectivity index (χ3v) is 19.8. The van der Waals surface area contributed by atoms with Crippen molar-refractivity contribution in [3.63, 3.8) is 0 Å². The van der Waals surface area contributed by atoms with E-state index in [-0.39, 0.29) is 0 Å². The summed E-state index contributed by atoms with van der Waals surface area (Å²) in [5.41, 5.74) is 11.0. The minimum atomic E-state index is -2.95. The van der Waals surface area contributed by atoms with Crippen LogP contribution in [-0.4, -0.2) is 17.6 Å². The zero-order valence-corrected chi connectivity index (χ0v) is 38.9. The molecule has 0 aliphatic carbocycles. The number of aromatic nitrogens is 2. The predicted molar refractivity (Wildman–Crippen MR) is 296 cm³/mol. The predicted octanol–water partition coefficient (Wildman–Crippen LogP) is 14.4. The molecule has 0 radical (unpaired) electrons. The fraction of sp³-hybridized carbons (Fsp3) is 0. The Labute approximate surface area is 404 Å². The number of rotatable bonds is 5. The number of fused-ring (bicyclic) bond motifs is 12. The first-order chi connectivity index (χ1) is 34.7. The molecule has 0 fully saturated rings. The second-order valence-electron chi connectivity index (χ2n) is 18.7. The van der Waals surface area contributed by atoms with E-state index >= 15 is 0 Å². The second-order valence-corrected chi connectivity index (χ2v) is 22.4. The van der Waals surface area contributed by atoms with Crippen molar-refractivity contribution in [3.05, 3.63) is 249 Å². The van der Waals surface area contributed by atoms with E-state index in [0.29, 0.717) is 0 Å². The molecular formula is C65H41N3OSi. The van der Waals surface area contributed by atoms with Crippen LogP contribution < -0.4 is 25.6 Å². The Morgan fingerprint density at radius 1 is 0.371 bits per heavy atom. The van der Waals surface area contributed by atoms with E-state index in [2.05, 4.69) is 252 Å². The Hall–Kier alpha value is -9.03. The molecule has 70 heavy (non-hydrogen) atoms. The topological polar surface area (TPSA) is 34.2 Å². The van der Waals surface area contributed by atoms with Gasteiger partial charge < -0.3 is 8.98 Å². The molecule has 0 unspecified atom stereocenters. The van der Waals surface area contributed by atoms with Gasteiger partial charge in [-0.15, -0.1) is 0 Å². The lowest BCUT2D eigenvalue weighted by Gasteiger charge is -2.44. The maximum Gasteiger partial charge on any atom is 0.184 e. The van der Waals surface area contributed by atoms with Crippen molar-refractivity contribution in [2.75, 3.05) is 4.90 Å². The normalized spacial score (nSPS) is 13.2. The number of para-hydroxylation sites is 4. The number of benzene rings is 11. The molecule has 0 saturated carbocycles. The van der Waals surface area contributed by atoms with Gasteiger partial charge in [-0.1, -0.05) is 164 Å². The molecular weight excluding hydrogens is 867 g/mol. The van der Waals surface area contributed by atoms with Crippen molar-refractivity contribution >= 4 is 122 Å². The van der Waals surface area contributed by atoms with E-state index in [0.717, 1.165) is 44.6 Å². The minimum absolute atomic E-state index is 0.906. The maximum atomic E-state index is 6.27. The van der Waals surface area contributed by atoms with Gasteiger partial charge in [0.25, 0.3) is 0 Å². The highest BCUT2D eigenvalue weighted by Gasteiger charge is 2.49. The monoisotopic (exact) mass is 907 g/mol. The summed E-state index contributed by atoms with van der Waals surface area (Å²) in [6.07, 6.45) is 0. The first-order valence-corrected chi connectivity index (χ1v) is 26.0. The van der Waals surface area contributed by atoms with Crippen LogP contribution >= 0.6 is 0 Å². The average molecular weight is 908 g/mol. The lowest BCUT2D eigenvalue weighted by molar-refractivity contribution is 0.669. The van der Waals surface area contributed by atoms with E-state index < -0.39 is 8.07 Å². The Kier molecular flexibility index (Phi) is 8.35. The molecule has 3 aromatic heterocycles. The van der Waals surface area contributed by atoms with Crippen LogP contribution in [0.15, 0.2) is 253 Å². The van der Waals surface area contributed by atoms with Gasteiger partial charge in [-0.25, -0.2) is 4.98 Å². The molecule has 326 valence electrons. The second kappa shape index (κ2) is 15.0. The van der Waals surface area contributed by atoms with Crippen LogP contribution in [0, 0.1) is 0 Å². The number of furan rings is 1. The summed E-state index contributed by atoms with van der Waals surface area (Å²) in [6, 6.07) is 91.7.